The molecule has 0 aliphatic heterocycles. The highest BCUT2D eigenvalue weighted by atomic mass is 15.0. The molecule has 0 rings (SSSR count). The van der Waals surface area contributed by atoms with Crippen molar-refractivity contribution in [3.8, 4) is 0 Å². The minimum atomic E-state index is 0.597. The first kappa shape index (κ1) is 16.7. The third-order valence-corrected chi connectivity index (χ3v) is 1.34. The normalized spacial score (nSPS) is 8.93. The van der Waals surface area contributed by atoms with Gasteiger partial charge in [0.15, 0.2) is 0 Å². The van der Waals surface area contributed by atoms with Crippen molar-refractivity contribution >= 4 is 6.01 Å². The Kier molecular flexibility index (Phi) is 17.5. The van der Waals surface area contributed by atoms with Gasteiger partial charge in [-0.3, -0.25) is 0 Å². The average Bonchev–Trinajstić information content (AvgIpc) is 2.23. The molecule has 0 aromatic carbocycles. The molecule has 0 unspecified atom stereocenters. The number of nitrogens with zero attached hydrogens (tertiary/aromatic N) is 3. The molecular weight excluding hydrogens is 190 g/mol. The fourth-order valence-corrected chi connectivity index (χ4v) is 0.637. The molecule has 5 nitrogen and oxygen atoms in total. The van der Waals surface area contributed by atoms with E-state index in [4.69, 9.17) is 11.5 Å². The van der Waals surface area contributed by atoms with E-state index in [2.05, 4.69) is 35.0 Å². The second-order valence-corrected chi connectivity index (χ2v) is 3.19. The Morgan fingerprint density at radius 1 is 1.13 bits per heavy atom. The Labute approximate surface area is 93.3 Å². The van der Waals surface area contributed by atoms with Gasteiger partial charge in [0.2, 0.25) is 0 Å². The number of aliphatic imine (C=N–C) groups is 2. The highest BCUT2D eigenvalue weighted by Gasteiger charge is 1.86. The summed E-state index contributed by atoms with van der Waals surface area (Å²) in [7, 11) is 4.12. The predicted octanol–water partition coefficient (Wildman–Crippen LogP) is 0.0357. The van der Waals surface area contributed by atoms with Crippen molar-refractivity contribution in [2.45, 2.75) is 13.3 Å². The second kappa shape index (κ2) is 15.7. The van der Waals surface area contributed by atoms with Crippen LogP contribution in [0.1, 0.15) is 13.3 Å². The van der Waals surface area contributed by atoms with Crippen LogP contribution in [0.4, 0.5) is 0 Å². The summed E-state index contributed by atoms with van der Waals surface area (Å²) in [6.07, 6.45) is 1.08. The minimum Gasteiger partial charge on any atom is -0.329 e. The molecular formula is C10H25N5. The molecule has 0 spiro atoms. The van der Waals surface area contributed by atoms with Crippen LogP contribution in [-0.2, 0) is 0 Å². The molecule has 0 amide bonds. The molecule has 0 radical (unpaired) electrons. The van der Waals surface area contributed by atoms with Crippen molar-refractivity contribution < 1.29 is 0 Å². The standard InChI is InChI=1S/C8H17N3.C2H8N2/c1-4-9-8-10-6-5-7-11(2)3;3-1-2-4/h4-7H2,1-3H3;1-4H2. The molecule has 0 saturated carbocycles. The smallest absolute Gasteiger partial charge is 0.0892 e. The average molecular weight is 215 g/mol. The molecule has 0 aliphatic carbocycles. The Morgan fingerprint density at radius 3 is 2.13 bits per heavy atom. The fraction of sp³-hybridized carbons (Fsp3) is 0.900. The molecule has 15 heavy (non-hydrogen) atoms. The molecule has 0 aromatic rings. The highest BCUT2D eigenvalue weighted by Crippen LogP contribution is 1.82. The van der Waals surface area contributed by atoms with E-state index in [9.17, 15) is 0 Å². The number of rotatable bonds is 6. The molecule has 0 fully saturated rings. The zero-order valence-corrected chi connectivity index (χ0v) is 10.2. The van der Waals surface area contributed by atoms with Gasteiger partial charge in [-0.25, -0.2) is 9.98 Å². The van der Waals surface area contributed by atoms with Crippen LogP contribution >= 0.6 is 0 Å². The monoisotopic (exact) mass is 215 g/mol. The number of hydrogen-bond acceptors (Lipinski definition) is 5. The maximum Gasteiger partial charge on any atom is 0.0892 e. The summed E-state index contributed by atoms with van der Waals surface area (Å²) >= 11 is 0. The predicted molar refractivity (Wildman–Crippen MR) is 66.6 cm³/mol. The summed E-state index contributed by atoms with van der Waals surface area (Å²) < 4.78 is 0. The van der Waals surface area contributed by atoms with Crippen LogP contribution in [0.3, 0.4) is 0 Å². The first-order valence-electron chi connectivity index (χ1n) is 5.31. The molecule has 0 saturated heterocycles. The van der Waals surface area contributed by atoms with Gasteiger partial charge in [0.25, 0.3) is 0 Å². The number of hydrogen-bond donors (Lipinski definition) is 2. The van der Waals surface area contributed by atoms with Gasteiger partial charge in [0, 0.05) is 19.6 Å². The van der Waals surface area contributed by atoms with Crippen molar-refractivity contribution in [1.29, 1.82) is 0 Å². The lowest BCUT2D eigenvalue weighted by molar-refractivity contribution is 0.403. The molecule has 0 heterocycles. The second-order valence-electron chi connectivity index (χ2n) is 3.19. The SMILES string of the molecule is CCN=C=NCCCN(C)C.NCCN. The maximum absolute atomic E-state index is 4.90. The van der Waals surface area contributed by atoms with Crippen LogP contribution in [0.25, 0.3) is 0 Å². The Morgan fingerprint density at radius 2 is 1.73 bits per heavy atom. The van der Waals surface area contributed by atoms with Gasteiger partial charge in [0.05, 0.1) is 12.6 Å². The van der Waals surface area contributed by atoms with Gasteiger partial charge in [-0.2, -0.15) is 0 Å². The molecule has 4 N–H and O–H groups in total. The van der Waals surface area contributed by atoms with E-state index in [1.54, 1.807) is 0 Å². The van der Waals surface area contributed by atoms with Gasteiger partial charge in [0.1, 0.15) is 0 Å². The van der Waals surface area contributed by atoms with Crippen LogP contribution in [-0.4, -0.2) is 57.7 Å². The van der Waals surface area contributed by atoms with Gasteiger partial charge in [-0.15, -0.1) is 0 Å². The van der Waals surface area contributed by atoms with Crippen molar-refractivity contribution in [3.63, 3.8) is 0 Å². The first-order chi connectivity index (χ1) is 7.18. The van der Waals surface area contributed by atoms with Crippen LogP contribution < -0.4 is 11.5 Å². The maximum atomic E-state index is 4.90. The third-order valence-electron chi connectivity index (χ3n) is 1.34. The quantitative estimate of drug-likeness (QED) is 0.485. The zero-order chi connectivity index (χ0) is 11.9. The van der Waals surface area contributed by atoms with Crippen molar-refractivity contribution in [1.82, 2.24) is 4.90 Å². The van der Waals surface area contributed by atoms with Crippen molar-refractivity contribution in [3.05, 3.63) is 0 Å². The molecule has 5 heteroatoms. The lowest BCUT2D eigenvalue weighted by Gasteiger charge is -2.05. The Bertz CT molecular complexity index is 159. The van der Waals surface area contributed by atoms with Crippen LogP contribution in [0.15, 0.2) is 9.98 Å². The lowest BCUT2D eigenvalue weighted by Crippen LogP contribution is -2.13. The van der Waals surface area contributed by atoms with Crippen molar-refractivity contribution in [2.24, 2.45) is 21.5 Å². The summed E-state index contributed by atoms with van der Waals surface area (Å²) in [6.45, 7) is 5.86. The van der Waals surface area contributed by atoms with Gasteiger partial charge < -0.3 is 16.4 Å². The van der Waals surface area contributed by atoms with E-state index in [-0.39, 0.29) is 0 Å². The highest BCUT2D eigenvalue weighted by molar-refractivity contribution is 5.40. The molecule has 0 aliphatic rings. The zero-order valence-electron chi connectivity index (χ0n) is 10.2. The minimum absolute atomic E-state index is 0.597. The van der Waals surface area contributed by atoms with E-state index in [0.29, 0.717) is 13.1 Å². The van der Waals surface area contributed by atoms with Crippen LogP contribution in [0.5, 0.6) is 0 Å². The molecule has 0 bridgehead atoms. The topological polar surface area (TPSA) is 80.0 Å². The molecule has 90 valence electrons. The van der Waals surface area contributed by atoms with Gasteiger partial charge in [-0.05, 0) is 34.0 Å². The Balaban J connectivity index is 0. The van der Waals surface area contributed by atoms with E-state index in [0.717, 1.165) is 26.1 Å². The summed E-state index contributed by atoms with van der Waals surface area (Å²) in [5.41, 5.74) is 9.81. The van der Waals surface area contributed by atoms with E-state index < -0.39 is 0 Å². The van der Waals surface area contributed by atoms with E-state index in [1.807, 2.05) is 6.92 Å². The number of nitrogens with two attached hydrogens (primary N) is 2. The summed E-state index contributed by atoms with van der Waals surface area (Å²) in [5.74, 6) is 0. The van der Waals surface area contributed by atoms with Gasteiger partial charge in [-0.1, -0.05) is 0 Å². The van der Waals surface area contributed by atoms with Crippen molar-refractivity contribution in [2.75, 3.05) is 46.8 Å². The third kappa shape index (κ3) is 24.6. The molecule has 0 atom stereocenters. The molecule has 0 aromatic heterocycles. The van der Waals surface area contributed by atoms with E-state index in [1.165, 1.54) is 0 Å². The van der Waals surface area contributed by atoms with Crippen LogP contribution in [0.2, 0.25) is 0 Å². The summed E-state index contributed by atoms with van der Waals surface area (Å²) in [4.78, 5) is 9.99. The fourth-order valence-electron chi connectivity index (χ4n) is 0.637. The van der Waals surface area contributed by atoms with E-state index >= 15 is 0 Å². The van der Waals surface area contributed by atoms with Crippen LogP contribution in [0, 0.1) is 0 Å². The first-order valence-corrected chi connectivity index (χ1v) is 5.31. The Hall–Kier alpha value is -0.740. The van der Waals surface area contributed by atoms with Gasteiger partial charge >= 0.3 is 0 Å². The summed E-state index contributed by atoms with van der Waals surface area (Å²) in [5, 5.41) is 0. The largest absolute Gasteiger partial charge is 0.329 e. The lowest BCUT2D eigenvalue weighted by atomic mass is 10.4. The summed E-state index contributed by atoms with van der Waals surface area (Å²) in [6, 6.07) is 2.64.